The molecule has 3 aromatic rings. The molecule has 6 heteroatoms. The van der Waals surface area contributed by atoms with Crippen molar-refractivity contribution in [1.29, 1.82) is 0 Å². The maximum absolute atomic E-state index is 12.2. The number of aromatic hydroxyl groups is 1. The number of fused-ring (bicyclic) bond motifs is 1. The summed E-state index contributed by atoms with van der Waals surface area (Å²) in [6.45, 7) is 2.28. The van der Waals surface area contributed by atoms with Crippen LogP contribution in [0.2, 0.25) is 0 Å². The van der Waals surface area contributed by atoms with Crippen LogP contribution in [0.5, 0.6) is 11.5 Å². The largest absolute Gasteiger partial charge is 0.504 e. The van der Waals surface area contributed by atoms with Crippen molar-refractivity contribution in [3.8, 4) is 11.5 Å². The van der Waals surface area contributed by atoms with Gasteiger partial charge in [-0.25, -0.2) is 5.43 Å². The van der Waals surface area contributed by atoms with Crippen molar-refractivity contribution in [2.24, 2.45) is 5.10 Å². The number of amides is 1. The second kappa shape index (κ2) is 6.87. The number of aromatic nitrogens is 1. The lowest BCUT2D eigenvalue weighted by molar-refractivity contribution is 0.0957. The standard InChI is InChI=1S/C18H17N3O3/c1-2-24-17-9-12(7-8-16(17)22)10-20-21-18(23)14-11-19-15-6-4-3-5-13(14)15/h3-11,19,22H,2H2,1H3,(H,21,23)/b20-10+. The first-order valence-corrected chi connectivity index (χ1v) is 7.54. The lowest BCUT2D eigenvalue weighted by Gasteiger charge is -2.06. The molecule has 0 atom stereocenters. The molecule has 122 valence electrons. The molecule has 0 saturated heterocycles. The number of phenols is 1. The minimum Gasteiger partial charge on any atom is -0.504 e. The summed E-state index contributed by atoms with van der Waals surface area (Å²) in [5.74, 6) is 0.147. The molecular weight excluding hydrogens is 306 g/mol. The van der Waals surface area contributed by atoms with E-state index >= 15 is 0 Å². The van der Waals surface area contributed by atoms with Gasteiger partial charge in [0.2, 0.25) is 0 Å². The van der Waals surface area contributed by atoms with E-state index in [1.165, 1.54) is 12.3 Å². The Morgan fingerprint density at radius 2 is 2.17 bits per heavy atom. The molecule has 0 aliphatic carbocycles. The van der Waals surface area contributed by atoms with Gasteiger partial charge >= 0.3 is 0 Å². The summed E-state index contributed by atoms with van der Waals surface area (Å²) >= 11 is 0. The number of phenolic OH excluding ortho intramolecular Hbond substituents is 1. The average Bonchev–Trinajstić information content (AvgIpc) is 3.02. The molecule has 3 N–H and O–H groups in total. The second-order valence-electron chi connectivity index (χ2n) is 5.11. The molecule has 0 bridgehead atoms. The van der Waals surface area contributed by atoms with E-state index < -0.39 is 0 Å². The van der Waals surface area contributed by atoms with E-state index in [0.29, 0.717) is 23.5 Å². The first-order chi connectivity index (χ1) is 11.7. The average molecular weight is 323 g/mol. The van der Waals surface area contributed by atoms with Crippen LogP contribution in [0.3, 0.4) is 0 Å². The molecule has 0 spiro atoms. The number of rotatable bonds is 5. The number of nitrogens with zero attached hydrogens (tertiary/aromatic N) is 1. The zero-order valence-corrected chi connectivity index (χ0v) is 13.1. The highest BCUT2D eigenvalue weighted by atomic mass is 16.5. The molecule has 0 radical (unpaired) electrons. The van der Waals surface area contributed by atoms with E-state index in [1.807, 2.05) is 31.2 Å². The van der Waals surface area contributed by atoms with Gasteiger partial charge in [0.1, 0.15) is 0 Å². The fourth-order valence-electron chi connectivity index (χ4n) is 2.37. The summed E-state index contributed by atoms with van der Waals surface area (Å²) < 4.78 is 5.31. The molecule has 24 heavy (non-hydrogen) atoms. The van der Waals surface area contributed by atoms with Gasteiger partial charge in [-0.2, -0.15) is 5.10 Å². The normalized spacial score (nSPS) is 11.0. The number of H-pyrrole nitrogens is 1. The summed E-state index contributed by atoms with van der Waals surface area (Å²) in [7, 11) is 0. The molecular formula is C18H17N3O3. The van der Waals surface area contributed by atoms with Gasteiger partial charge in [-0.1, -0.05) is 18.2 Å². The van der Waals surface area contributed by atoms with Crippen LogP contribution in [0.4, 0.5) is 0 Å². The molecule has 0 fully saturated rings. The quantitative estimate of drug-likeness (QED) is 0.498. The SMILES string of the molecule is CCOc1cc(/C=N/NC(=O)c2c[nH]c3ccccc23)ccc1O. The van der Waals surface area contributed by atoms with Gasteiger partial charge in [0.15, 0.2) is 11.5 Å². The van der Waals surface area contributed by atoms with E-state index in [1.54, 1.807) is 18.3 Å². The molecule has 0 unspecified atom stereocenters. The minimum atomic E-state index is -0.299. The van der Waals surface area contributed by atoms with Crippen LogP contribution in [-0.4, -0.2) is 28.8 Å². The zero-order valence-electron chi connectivity index (χ0n) is 13.1. The van der Waals surface area contributed by atoms with Gasteiger partial charge in [0.25, 0.3) is 5.91 Å². The van der Waals surface area contributed by atoms with E-state index in [9.17, 15) is 9.90 Å². The second-order valence-corrected chi connectivity index (χ2v) is 5.11. The van der Waals surface area contributed by atoms with Crippen LogP contribution in [0, 0.1) is 0 Å². The van der Waals surface area contributed by atoms with Crippen molar-refractivity contribution in [3.63, 3.8) is 0 Å². The summed E-state index contributed by atoms with van der Waals surface area (Å²) in [5.41, 5.74) is 4.63. The van der Waals surface area contributed by atoms with Crippen molar-refractivity contribution < 1.29 is 14.6 Å². The number of benzene rings is 2. The Labute approximate surface area is 138 Å². The van der Waals surface area contributed by atoms with Gasteiger partial charge in [0.05, 0.1) is 18.4 Å². The Hall–Kier alpha value is -3.28. The van der Waals surface area contributed by atoms with Crippen molar-refractivity contribution in [2.75, 3.05) is 6.61 Å². The number of carbonyl (C=O) groups excluding carboxylic acids is 1. The molecule has 1 amide bonds. The number of hydrogen-bond donors (Lipinski definition) is 3. The molecule has 3 rings (SSSR count). The smallest absolute Gasteiger partial charge is 0.273 e. The van der Waals surface area contributed by atoms with Gasteiger partial charge in [-0.3, -0.25) is 4.79 Å². The van der Waals surface area contributed by atoms with Crippen molar-refractivity contribution in [1.82, 2.24) is 10.4 Å². The topological polar surface area (TPSA) is 86.7 Å². The number of hydrazone groups is 1. The Morgan fingerprint density at radius 3 is 3.00 bits per heavy atom. The number of para-hydroxylation sites is 1. The Bertz CT molecular complexity index is 899. The fraction of sp³-hybridized carbons (Fsp3) is 0.111. The lowest BCUT2D eigenvalue weighted by Crippen LogP contribution is -2.17. The molecule has 1 heterocycles. The number of nitrogens with one attached hydrogen (secondary N) is 2. The Balaban J connectivity index is 1.72. The Morgan fingerprint density at radius 1 is 1.33 bits per heavy atom. The third-order valence-corrected chi connectivity index (χ3v) is 3.50. The predicted molar refractivity (Wildman–Crippen MR) is 92.6 cm³/mol. The van der Waals surface area contributed by atoms with Crippen LogP contribution in [0.25, 0.3) is 10.9 Å². The van der Waals surface area contributed by atoms with Gasteiger partial charge in [-0.05, 0) is 36.8 Å². The van der Waals surface area contributed by atoms with Crippen molar-refractivity contribution in [3.05, 3.63) is 59.8 Å². The molecule has 6 nitrogen and oxygen atoms in total. The van der Waals surface area contributed by atoms with Crippen LogP contribution in [-0.2, 0) is 0 Å². The van der Waals surface area contributed by atoms with E-state index in [-0.39, 0.29) is 11.7 Å². The Kier molecular flexibility index (Phi) is 4.47. The van der Waals surface area contributed by atoms with E-state index in [0.717, 1.165) is 10.9 Å². The first kappa shape index (κ1) is 15.6. The van der Waals surface area contributed by atoms with Crippen molar-refractivity contribution >= 4 is 23.0 Å². The lowest BCUT2D eigenvalue weighted by atomic mass is 10.2. The molecule has 0 saturated carbocycles. The van der Waals surface area contributed by atoms with Gasteiger partial charge in [-0.15, -0.1) is 0 Å². The van der Waals surface area contributed by atoms with Crippen LogP contribution < -0.4 is 10.2 Å². The summed E-state index contributed by atoms with van der Waals surface area (Å²) in [5, 5.41) is 14.5. The molecule has 2 aromatic carbocycles. The highest BCUT2D eigenvalue weighted by Crippen LogP contribution is 2.26. The third-order valence-electron chi connectivity index (χ3n) is 3.50. The van der Waals surface area contributed by atoms with Crippen LogP contribution >= 0.6 is 0 Å². The molecule has 0 aliphatic rings. The minimum absolute atomic E-state index is 0.0665. The van der Waals surface area contributed by atoms with Crippen LogP contribution in [0.1, 0.15) is 22.8 Å². The van der Waals surface area contributed by atoms with Gasteiger partial charge < -0.3 is 14.8 Å². The molecule has 0 aliphatic heterocycles. The number of hydrogen-bond acceptors (Lipinski definition) is 4. The maximum atomic E-state index is 12.2. The number of aromatic amines is 1. The number of ether oxygens (including phenoxy) is 1. The monoisotopic (exact) mass is 323 g/mol. The number of carbonyl (C=O) groups is 1. The highest BCUT2D eigenvalue weighted by molar-refractivity contribution is 6.06. The zero-order chi connectivity index (χ0) is 16.9. The summed E-state index contributed by atoms with van der Waals surface area (Å²) in [6, 6.07) is 12.4. The van der Waals surface area contributed by atoms with E-state index in [2.05, 4.69) is 15.5 Å². The van der Waals surface area contributed by atoms with E-state index in [4.69, 9.17) is 4.74 Å². The highest BCUT2D eigenvalue weighted by Gasteiger charge is 2.10. The third kappa shape index (κ3) is 3.22. The summed E-state index contributed by atoms with van der Waals surface area (Å²) in [6.07, 6.45) is 3.15. The van der Waals surface area contributed by atoms with Crippen LogP contribution in [0.15, 0.2) is 53.8 Å². The molecule has 1 aromatic heterocycles. The summed E-state index contributed by atoms with van der Waals surface area (Å²) in [4.78, 5) is 15.3. The predicted octanol–water partition coefficient (Wildman–Crippen LogP) is 3.04. The fourth-order valence-corrected chi connectivity index (χ4v) is 2.37. The maximum Gasteiger partial charge on any atom is 0.273 e. The first-order valence-electron chi connectivity index (χ1n) is 7.54. The van der Waals surface area contributed by atoms with Gasteiger partial charge in [0, 0.05) is 17.1 Å². The van der Waals surface area contributed by atoms with Crippen molar-refractivity contribution in [2.45, 2.75) is 6.92 Å².